The van der Waals surface area contributed by atoms with Gasteiger partial charge in [-0.2, -0.15) is 4.99 Å². The minimum Gasteiger partial charge on any atom is -0.340 e. The zero-order valence-corrected chi connectivity index (χ0v) is 15.5. The summed E-state index contributed by atoms with van der Waals surface area (Å²) in [5.74, 6) is 0.148. The number of fused-ring (bicyclic) bond motifs is 1. The Kier molecular flexibility index (Phi) is 4.34. The van der Waals surface area contributed by atoms with Gasteiger partial charge in [0.15, 0.2) is 0 Å². The van der Waals surface area contributed by atoms with Crippen LogP contribution in [-0.2, 0) is 4.79 Å². The highest BCUT2D eigenvalue weighted by atomic mass is 32.1. The third kappa shape index (κ3) is 2.94. The molecule has 0 radical (unpaired) electrons. The third-order valence-corrected chi connectivity index (χ3v) is 5.99. The molecule has 1 aromatic heterocycles. The van der Waals surface area contributed by atoms with Gasteiger partial charge in [-0.1, -0.05) is 6.92 Å². The highest BCUT2D eigenvalue weighted by molar-refractivity contribution is 7.09. The number of nitrogens with zero attached hydrogens (tertiary/aromatic N) is 5. The molecule has 3 aliphatic heterocycles. The topological polar surface area (TPSA) is 78.2 Å². The van der Waals surface area contributed by atoms with Crippen LogP contribution in [0, 0.1) is 18.8 Å². The Morgan fingerprint density at radius 2 is 1.96 bits per heavy atom. The Hall–Kier alpha value is -2.16. The number of aliphatic imine (C=N–C) groups is 2. The minimum atomic E-state index is -1.71. The molecule has 0 bridgehead atoms. The van der Waals surface area contributed by atoms with E-state index >= 15 is 0 Å². The number of hydrogen-bond acceptors (Lipinski definition) is 6. The molecule has 3 aliphatic rings. The van der Waals surface area contributed by atoms with E-state index in [1.54, 1.807) is 12.3 Å². The molecule has 3 unspecified atom stereocenters. The first-order chi connectivity index (χ1) is 12.5. The summed E-state index contributed by atoms with van der Waals surface area (Å²) in [4.78, 5) is 40.5. The van der Waals surface area contributed by atoms with E-state index in [-0.39, 0.29) is 11.6 Å². The summed E-state index contributed by atoms with van der Waals surface area (Å²) in [5.41, 5.74) is 0.755. The number of amides is 2. The molecular weight excluding hydrogens is 357 g/mol. The Morgan fingerprint density at radius 1 is 1.27 bits per heavy atom. The summed E-state index contributed by atoms with van der Waals surface area (Å²) in [6.07, 6.45) is -1.32. The van der Waals surface area contributed by atoms with Crippen molar-refractivity contribution in [2.45, 2.75) is 26.4 Å². The molecule has 0 aromatic carbocycles. The highest BCUT2D eigenvalue weighted by Crippen LogP contribution is 2.32. The molecular formula is C17H20FN5O2S. The Morgan fingerprint density at radius 3 is 2.54 bits per heavy atom. The van der Waals surface area contributed by atoms with Crippen molar-refractivity contribution in [3.63, 3.8) is 0 Å². The molecule has 9 heteroatoms. The lowest BCUT2D eigenvalue weighted by Crippen LogP contribution is -2.39. The van der Waals surface area contributed by atoms with Crippen LogP contribution in [0.3, 0.4) is 0 Å². The van der Waals surface area contributed by atoms with Crippen LogP contribution in [0.5, 0.6) is 0 Å². The van der Waals surface area contributed by atoms with E-state index in [1.807, 2.05) is 16.7 Å². The van der Waals surface area contributed by atoms with E-state index in [2.05, 4.69) is 15.0 Å². The van der Waals surface area contributed by atoms with Crippen molar-refractivity contribution in [3.05, 3.63) is 16.1 Å². The third-order valence-electron chi connectivity index (χ3n) is 5.22. The van der Waals surface area contributed by atoms with Crippen molar-refractivity contribution in [1.82, 2.24) is 14.8 Å². The van der Waals surface area contributed by atoms with Gasteiger partial charge in [-0.15, -0.1) is 11.3 Å². The van der Waals surface area contributed by atoms with Crippen LogP contribution in [0.15, 0.2) is 15.4 Å². The lowest BCUT2D eigenvalue weighted by molar-refractivity contribution is -0.120. The minimum absolute atomic E-state index is 0.0213. The lowest BCUT2D eigenvalue weighted by atomic mass is 10.0. The first kappa shape index (κ1) is 17.3. The monoisotopic (exact) mass is 377 g/mol. The van der Waals surface area contributed by atoms with Crippen LogP contribution >= 0.6 is 11.3 Å². The molecule has 3 atom stereocenters. The van der Waals surface area contributed by atoms with Crippen LogP contribution in [0.4, 0.5) is 4.39 Å². The number of carbonyl (C=O) groups excluding carboxylic acids is 2. The van der Waals surface area contributed by atoms with Gasteiger partial charge in [0.25, 0.3) is 11.8 Å². The van der Waals surface area contributed by atoms with Gasteiger partial charge in [0.2, 0.25) is 12.1 Å². The standard InChI is InChI=1S/C17H20FN5O2S/c1-3-12-14(18)15(24)21-17(20-12)23-6-10-4-22(5-11(10)7-23)16(25)13-8-26-9(2)19-13/h8,10-11,14H,3-7H2,1-2H3. The molecule has 0 spiro atoms. The van der Waals surface area contributed by atoms with E-state index in [0.717, 1.165) is 5.01 Å². The smallest absolute Gasteiger partial charge is 0.289 e. The fourth-order valence-corrected chi connectivity index (χ4v) is 4.44. The molecule has 2 amide bonds. The number of aryl methyl sites for hydroxylation is 1. The van der Waals surface area contributed by atoms with E-state index in [0.29, 0.717) is 56.1 Å². The van der Waals surface area contributed by atoms with Crippen molar-refractivity contribution in [1.29, 1.82) is 0 Å². The molecule has 2 saturated heterocycles. The van der Waals surface area contributed by atoms with Crippen LogP contribution in [-0.4, -0.2) is 70.6 Å². The quantitative estimate of drug-likeness (QED) is 0.783. The van der Waals surface area contributed by atoms with Crippen molar-refractivity contribution in [3.8, 4) is 0 Å². The van der Waals surface area contributed by atoms with Gasteiger partial charge >= 0.3 is 0 Å². The number of halogens is 1. The Balaban J connectivity index is 1.42. The van der Waals surface area contributed by atoms with Gasteiger partial charge in [-0.25, -0.2) is 14.4 Å². The number of hydrogen-bond donors (Lipinski definition) is 0. The number of thiazole rings is 1. The first-order valence-electron chi connectivity index (χ1n) is 8.76. The fourth-order valence-electron chi connectivity index (χ4n) is 3.85. The average Bonchev–Trinajstić information content (AvgIpc) is 3.30. The molecule has 138 valence electrons. The second-order valence-electron chi connectivity index (χ2n) is 6.96. The normalized spacial score (nSPS) is 28.3. The maximum Gasteiger partial charge on any atom is 0.289 e. The maximum atomic E-state index is 13.8. The second kappa shape index (κ2) is 6.53. The van der Waals surface area contributed by atoms with Crippen molar-refractivity contribution >= 4 is 34.8 Å². The Bertz CT molecular complexity index is 806. The van der Waals surface area contributed by atoms with Gasteiger partial charge < -0.3 is 9.80 Å². The van der Waals surface area contributed by atoms with E-state index in [9.17, 15) is 14.0 Å². The van der Waals surface area contributed by atoms with E-state index in [1.165, 1.54) is 11.3 Å². The van der Waals surface area contributed by atoms with Crippen LogP contribution in [0.2, 0.25) is 0 Å². The molecule has 0 aliphatic carbocycles. The summed E-state index contributed by atoms with van der Waals surface area (Å²) in [6.45, 7) is 6.34. The number of likely N-dealkylation sites (tertiary alicyclic amines) is 2. The zero-order valence-electron chi connectivity index (χ0n) is 14.7. The largest absolute Gasteiger partial charge is 0.340 e. The number of carbonyl (C=O) groups is 2. The SMILES string of the molecule is CCC1=NC(N2CC3CN(C(=O)c4csc(C)n4)CC3C2)=NC(=O)C1F. The number of rotatable bonds is 2. The average molecular weight is 377 g/mol. The maximum absolute atomic E-state index is 13.8. The van der Waals surface area contributed by atoms with Crippen LogP contribution in [0.1, 0.15) is 28.8 Å². The number of aromatic nitrogens is 1. The molecule has 0 saturated carbocycles. The lowest BCUT2D eigenvalue weighted by Gasteiger charge is -2.24. The molecule has 7 nitrogen and oxygen atoms in total. The second-order valence-corrected chi connectivity index (χ2v) is 8.02. The summed E-state index contributed by atoms with van der Waals surface area (Å²) in [5, 5.41) is 2.68. The zero-order chi connectivity index (χ0) is 18.4. The molecule has 4 rings (SSSR count). The molecule has 4 heterocycles. The molecule has 0 N–H and O–H groups in total. The van der Waals surface area contributed by atoms with E-state index < -0.39 is 12.1 Å². The molecule has 26 heavy (non-hydrogen) atoms. The fraction of sp³-hybridized carbons (Fsp3) is 0.588. The predicted octanol–water partition coefficient (Wildman–Crippen LogP) is 1.54. The van der Waals surface area contributed by atoms with Crippen molar-refractivity contribution in [2.75, 3.05) is 26.2 Å². The summed E-state index contributed by atoms with van der Waals surface area (Å²) in [6, 6.07) is 0. The first-order valence-corrected chi connectivity index (χ1v) is 9.64. The van der Waals surface area contributed by atoms with Crippen LogP contribution < -0.4 is 0 Å². The van der Waals surface area contributed by atoms with Crippen molar-refractivity contribution in [2.24, 2.45) is 21.8 Å². The Labute approximate surface area is 154 Å². The van der Waals surface area contributed by atoms with Gasteiger partial charge in [0, 0.05) is 43.4 Å². The summed E-state index contributed by atoms with van der Waals surface area (Å²) >= 11 is 1.47. The summed E-state index contributed by atoms with van der Waals surface area (Å²) < 4.78 is 13.8. The highest BCUT2D eigenvalue weighted by Gasteiger charge is 2.44. The van der Waals surface area contributed by atoms with Gasteiger partial charge in [-0.05, 0) is 13.3 Å². The van der Waals surface area contributed by atoms with Crippen molar-refractivity contribution < 1.29 is 14.0 Å². The van der Waals surface area contributed by atoms with Gasteiger partial charge in [0.05, 0.1) is 10.7 Å². The number of alkyl halides is 1. The number of guanidine groups is 1. The summed E-state index contributed by atoms with van der Waals surface area (Å²) in [7, 11) is 0. The van der Waals surface area contributed by atoms with Gasteiger partial charge in [0.1, 0.15) is 5.69 Å². The van der Waals surface area contributed by atoms with Gasteiger partial charge in [-0.3, -0.25) is 9.59 Å². The van der Waals surface area contributed by atoms with E-state index in [4.69, 9.17) is 0 Å². The molecule has 1 aromatic rings. The van der Waals surface area contributed by atoms with Crippen LogP contribution in [0.25, 0.3) is 0 Å². The molecule has 2 fully saturated rings. The predicted molar refractivity (Wildman–Crippen MR) is 96.4 cm³/mol.